The molecule has 6 heteroatoms. The predicted molar refractivity (Wildman–Crippen MR) is 138 cm³/mol. The van der Waals surface area contributed by atoms with Gasteiger partial charge in [-0.2, -0.15) is 0 Å². The van der Waals surface area contributed by atoms with Crippen LogP contribution in [0.4, 0.5) is 0 Å². The molecule has 1 heterocycles. The fourth-order valence-corrected chi connectivity index (χ4v) is 4.09. The molecular weight excluding hydrogens is 424 g/mol. The topological polar surface area (TPSA) is 73.5 Å². The van der Waals surface area contributed by atoms with Crippen molar-refractivity contribution in [2.75, 3.05) is 39.3 Å². The molecule has 1 saturated heterocycles. The van der Waals surface area contributed by atoms with Crippen molar-refractivity contribution in [3.8, 4) is 0 Å². The lowest BCUT2D eigenvalue weighted by Gasteiger charge is -2.22. The summed E-state index contributed by atoms with van der Waals surface area (Å²) in [5, 5.41) is 10.1. The van der Waals surface area contributed by atoms with Crippen molar-refractivity contribution in [1.29, 1.82) is 0 Å². The molecule has 6 nitrogen and oxygen atoms in total. The Labute approximate surface area is 203 Å². The Balaban J connectivity index is 1.57. The molecule has 2 aromatic carbocycles. The Hall–Kier alpha value is -2.96. The van der Waals surface area contributed by atoms with E-state index in [4.69, 9.17) is 0 Å². The highest BCUT2D eigenvalue weighted by Gasteiger charge is 2.16. The molecule has 0 saturated carbocycles. The second-order valence-corrected chi connectivity index (χ2v) is 8.70. The van der Waals surface area contributed by atoms with E-state index in [1.807, 2.05) is 59.5 Å². The van der Waals surface area contributed by atoms with Crippen LogP contribution in [0.5, 0.6) is 0 Å². The second-order valence-electron chi connectivity index (χ2n) is 8.70. The molecule has 0 spiro atoms. The molecule has 182 valence electrons. The van der Waals surface area contributed by atoms with Gasteiger partial charge in [0.05, 0.1) is 0 Å². The summed E-state index contributed by atoms with van der Waals surface area (Å²) in [6.45, 7) is 4.66. The number of carbonyl (C=O) groups excluding carboxylic acids is 2. The van der Waals surface area contributed by atoms with Crippen molar-refractivity contribution in [1.82, 2.24) is 20.9 Å². The van der Waals surface area contributed by atoms with E-state index in [-0.39, 0.29) is 17.9 Å². The predicted octanol–water partition coefficient (Wildman–Crippen LogP) is 3.53. The summed E-state index contributed by atoms with van der Waals surface area (Å²) in [5.74, 6) is 0.0556. The number of nitrogens with one attached hydrogen (secondary N) is 3. The molecular formula is C28H38N4O2. The first-order valence-corrected chi connectivity index (χ1v) is 12.5. The third kappa shape index (κ3) is 9.49. The number of rotatable bonds is 3. The van der Waals surface area contributed by atoms with Crippen LogP contribution < -0.4 is 16.0 Å². The van der Waals surface area contributed by atoms with Crippen LogP contribution in [0.3, 0.4) is 0 Å². The quantitative estimate of drug-likeness (QED) is 0.610. The van der Waals surface area contributed by atoms with Gasteiger partial charge in [-0.1, -0.05) is 60.7 Å². The van der Waals surface area contributed by atoms with Crippen LogP contribution >= 0.6 is 0 Å². The number of nitrogens with zero attached hydrogens (tertiary/aromatic N) is 1. The Kier molecular flexibility index (Phi) is 11.4. The fourth-order valence-electron chi connectivity index (χ4n) is 4.09. The summed E-state index contributed by atoms with van der Waals surface area (Å²) in [4.78, 5) is 27.4. The standard InChI is InChI=1S/C28H38N4O2/c33-27-23-26(25-13-5-2-6-14-25)30-19-9-18-29-17-7-8-21-32(22-10-20-31-27)28(34)16-15-24-11-3-1-4-12-24/h1-6,11-16,26,29-30H,7-10,17-23H2,(H,31,33)/b16-15+/t26-/m0/s1. The number of hydrogen-bond acceptors (Lipinski definition) is 4. The zero-order valence-electron chi connectivity index (χ0n) is 20.0. The van der Waals surface area contributed by atoms with Gasteiger partial charge >= 0.3 is 0 Å². The minimum atomic E-state index is -0.00177. The van der Waals surface area contributed by atoms with Gasteiger partial charge in [-0.3, -0.25) is 9.59 Å². The first-order chi connectivity index (χ1) is 16.7. The normalized spacial score (nSPS) is 19.9. The van der Waals surface area contributed by atoms with Gasteiger partial charge in [0.15, 0.2) is 0 Å². The first-order valence-electron chi connectivity index (χ1n) is 12.5. The molecule has 0 unspecified atom stereocenters. The first kappa shape index (κ1) is 25.7. The lowest BCUT2D eigenvalue weighted by molar-refractivity contribution is -0.126. The van der Waals surface area contributed by atoms with Gasteiger partial charge in [0.2, 0.25) is 11.8 Å². The summed E-state index contributed by atoms with van der Waals surface area (Å²) in [6.07, 6.45) is 7.65. The SMILES string of the molecule is O=C1C[C@@H](c2ccccc2)NCCCNCCCCN(C(=O)/C=C/c2ccccc2)CCCN1. The molecule has 1 aliphatic heterocycles. The highest BCUT2D eigenvalue weighted by Crippen LogP contribution is 2.16. The van der Waals surface area contributed by atoms with Crippen molar-refractivity contribution >= 4 is 17.9 Å². The van der Waals surface area contributed by atoms with Crippen molar-refractivity contribution in [3.63, 3.8) is 0 Å². The van der Waals surface area contributed by atoms with Crippen molar-refractivity contribution < 1.29 is 9.59 Å². The molecule has 3 rings (SSSR count). The van der Waals surface area contributed by atoms with Crippen molar-refractivity contribution in [2.45, 2.75) is 38.1 Å². The summed E-state index contributed by atoms with van der Waals surface area (Å²) in [7, 11) is 0. The third-order valence-electron chi connectivity index (χ3n) is 6.00. The molecule has 2 aromatic rings. The molecule has 1 atom stereocenters. The monoisotopic (exact) mass is 462 g/mol. The highest BCUT2D eigenvalue weighted by molar-refractivity contribution is 5.91. The number of benzene rings is 2. The maximum Gasteiger partial charge on any atom is 0.246 e. The minimum Gasteiger partial charge on any atom is -0.356 e. The van der Waals surface area contributed by atoms with E-state index in [1.165, 1.54) is 0 Å². The van der Waals surface area contributed by atoms with Crippen LogP contribution in [0.25, 0.3) is 6.08 Å². The zero-order valence-corrected chi connectivity index (χ0v) is 20.0. The third-order valence-corrected chi connectivity index (χ3v) is 6.00. The average Bonchev–Trinajstić information content (AvgIpc) is 2.87. The van der Waals surface area contributed by atoms with E-state index >= 15 is 0 Å². The molecule has 0 bridgehead atoms. The van der Waals surface area contributed by atoms with E-state index in [0.717, 1.165) is 63.0 Å². The van der Waals surface area contributed by atoms with Crippen LogP contribution in [-0.4, -0.2) is 56.0 Å². The molecule has 1 fully saturated rings. The summed E-state index contributed by atoms with van der Waals surface area (Å²) in [6, 6.07) is 20.0. The summed E-state index contributed by atoms with van der Waals surface area (Å²) in [5.41, 5.74) is 2.14. The van der Waals surface area contributed by atoms with E-state index in [1.54, 1.807) is 6.08 Å². The van der Waals surface area contributed by atoms with Gasteiger partial charge in [-0.05, 0) is 62.5 Å². The zero-order chi connectivity index (χ0) is 23.8. The molecule has 34 heavy (non-hydrogen) atoms. The van der Waals surface area contributed by atoms with Crippen molar-refractivity contribution in [3.05, 3.63) is 77.9 Å². The fraction of sp³-hybridized carbons (Fsp3) is 0.429. The van der Waals surface area contributed by atoms with E-state index in [0.29, 0.717) is 19.5 Å². The highest BCUT2D eigenvalue weighted by atomic mass is 16.2. The maximum absolute atomic E-state index is 12.8. The molecule has 1 aliphatic rings. The molecule has 0 aromatic heterocycles. The largest absolute Gasteiger partial charge is 0.356 e. The lowest BCUT2D eigenvalue weighted by Crippen LogP contribution is -2.35. The number of amides is 2. The van der Waals surface area contributed by atoms with Crippen LogP contribution in [0, 0.1) is 0 Å². The smallest absolute Gasteiger partial charge is 0.246 e. The van der Waals surface area contributed by atoms with E-state index < -0.39 is 0 Å². The van der Waals surface area contributed by atoms with Gasteiger partial charge < -0.3 is 20.9 Å². The molecule has 3 N–H and O–H groups in total. The van der Waals surface area contributed by atoms with Crippen LogP contribution in [0.15, 0.2) is 66.7 Å². The van der Waals surface area contributed by atoms with Crippen molar-refractivity contribution in [2.24, 2.45) is 0 Å². The van der Waals surface area contributed by atoms with Crippen LogP contribution in [0.2, 0.25) is 0 Å². The Morgan fingerprint density at radius 2 is 1.53 bits per heavy atom. The van der Waals surface area contributed by atoms with Gasteiger partial charge in [0, 0.05) is 38.2 Å². The Morgan fingerprint density at radius 1 is 0.824 bits per heavy atom. The molecule has 0 radical (unpaired) electrons. The lowest BCUT2D eigenvalue weighted by atomic mass is 10.0. The maximum atomic E-state index is 12.8. The van der Waals surface area contributed by atoms with Crippen LogP contribution in [0.1, 0.15) is 49.3 Å². The van der Waals surface area contributed by atoms with Gasteiger partial charge in [-0.15, -0.1) is 0 Å². The van der Waals surface area contributed by atoms with Gasteiger partial charge in [-0.25, -0.2) is 0 Å². The Bertz CT molecular complexity index is 886. The number of carbonyl (C=O) groups is 2. The van der Waals surface area contributed by atoms with E-state index in [2.05, 4.69) is 28.1 Å². The minimum absolute atomic E-state index is 0.00177. The van der Waals surface area contributed by atoms with E-state index in [9.17, 15) is 9.59 Å². The number of hydrogen-bond donors (Lipinski definition) is 3. The summed E-state index contributed by atoms with van der Waals surface area (Å²) < 4.78 is 0. The Morgan fingerprint density at radius 3 is 2.32 bits per heavy atom. The molecule has 2 amide bonds. The van der Waals surface area contributed by atoms with Crippen LogP contribution in [-0.2, 0) is 9.59 Å². The van der Waals surface area contributed by atoms with Gasteiger partial charge in [0.25, 0.3) is 0 Å². The van der Waals surface area contributed by atoms with Gasteiger partial charge in [0.1, 0.15) is 0 Å². The second kappa shape index (κ2) is 15.0. The average molecular weight is 463 g/mol. The summed E-state index contributed by atoms with van der Waals surface area (Å²) >= 11 is 0. The molecule has 0 aliphatic carbocycles.